The molecule has 308 valence electrons. The van der Waals surface area contributed by atoms with Gasteiger partial charge in [-0.3, -0.25) is 19.2 Å². The van der Waals surface area contributed by atoms with Gasteiger partial charge in [0.15, 0.2) is 5.78 Å². The first-order chi connectivity index (χ1) is 25.0. The van der Waals surface area contributed by atoms with Crippen LogP contribution >= 0.6 is 0 Å². The predicted molar refractivity (Wildman–Crippen MR) is 210 cm³/mol. The van der Waals surface area contributed by atoms with Gasteiger partial charge < -0.3 is 9.84 Å². The molecule has 1 saturated heterocycles. The minimum absolute atomic E-state index is 0.00983. The molecule has 7 atom stereocenters. The van der Waals surface area contributed by atoms with Crippen LogP contribution in [0.1, 0.15) is 146 Å². The number of carbonyl (C=O) groups is 4. The smallest absolute Gasteiger partial charge is 0.279 e. The number of nitrogens with zero attached hydrogens (tertiary/aromatic N) is 1. The summed E-state index contributed by atoms with van der Waals surface area (Å²) in [4.78, 5) is 56.7. The minimum atomic E-state index is -3.74. The molecule has 11 heteroatoms. The Balaban J connectivity index is 1.35. The molecule has 2 spiro atoms. The molecule has 0 aromatic carbocycles. The summed E-state index contributed by atoms with van der Waals surface area (Å²) in [6.45, 7) is 20.0. The van der Waals surface area contributed by atoms with Gasteiger partial charge in [0, 0.05) is 63.1 Å². The molecule has 4 saturated carbocycles. The predicted octanol–water partition coefficient (Wildman–Crippen LogP) is 6.72. The van der Waals surface area contributed by atoms with E-state index in [1.807, 2.05) is 48.5 Å². The summed E-state index contributed by atoms with van der Waals surface area (Å²) in [5, 5.41) is 11.2. The molecule has 54 heavy (non-hydrogen) atoms. The first kappa shape index (κ1) is 43.6. The van der Waals surface area contributed by atoms with E-state index < -0.39 is 45.4 Å². The van der Waals surface area contributed by atoms with Gasteiger partial charge in [0.25, 0.3) is 10.2 Å². The van der Waals surface area contributed by atoms with Crippen LogP contribution in [-0.4, -0.2) is 79.9 Å². The standard InChI is InChI=1S/C43H72N2O8S/c1-10-12-29(37(49)36(48)21-28-13-14-28)22-35(47)32-25-43(41(8,9)42(43)15-11-16-42)26-33(32)38(50)34(40(5,6)7)24-31(46)23-30(39(2,3)4)27-44-54(51,52)45-17-19-53-20-18-45/h28-30,32-34,37,44,49H,10-27H2,1-9H3/t29?,30-,32+,33?,34+,37?,43+/m0/s1. The lowest BCUT2D eigenvalue weighted by Crippen LogP contribution is -2.48. The van der Waals surface area contributed by atoms with E-state index in [1.54, 1.807) is 0 Å². The van der Waals surface area contributed by atoms with Crippen molar-refractivity contribution in [1.29, 1.82) is 0 Å². The number of aliphatic hydroxyl groups excluding tert-OH is 1. The number of hydrogen-bond donors (Lipinski definition) is 2. The molecule has 0 radical (unpaired) electrons. The number of rotatable bonds is 19. The summed E-state index contributed by atoms with van der Waals surface area (Å²) in [6, 6.07) is 0. The van der Waals surface area contributed by atoms with Crippen molar-refractivity contribution in [3.05, 3.63) is 0 Å². The Morgan fingerprint density at radius 2 is 1.50 bits per heavy atom. The van der Waals surface area contributed by atoms with E-state index in [4.69, 9.17) is 4.74 Å². The van der Waals surface area contributed by atoms with E-state index in [1.165, 1.54) is 4.31 Å². The summed E-state index contributed by atoms with van der Waals surface area (Å²) in [5.74, 6) is -2.30. The van der Waals surface area contributed by atoms with Crippen LogP contribution in [0.4, 0.5) is 0 Å². The molecular weight excluding hydrogens is 705 g/mol. The third-order valence-electron chi connectivity index (χ3n) is 15.3. The maximum Gasteiger partial charge on any atom is 0.279 e. The zero-order chi connectivity index (χ0) is 40.1. The summed E-state index contributed by atoms with van der Waals surface area (Å²) < 4.78 is 35.7. The summed E-state index contributed by atoms with van der Waals surface area (Å²) >= 11 is 0. The average Bonchev–Trinajstić information content (AvgIpc) is 3.89. The number of hydrogen-bond acceptors (Lipinski definition) is 8. The van der Waals surface area contributed by atoms with Gasteiger partial charge in [-0.2, -0.15) is 12.7 Å². The van der Waals surface area contributed by atoms with E-state index >= 15 is 4.79 Å². The Hall–Kier alpha value is -1.53. The number of carbonyl (C=O) groups excluding carboxylic acids is 4. The van der Waals surface area contributed by atoms with Crippen molar-refractivity contribution in [2.24, 2.45) is 62.6 Å². The van der Waals surface area contributed by atoms with Gasteiger partial charge in [0.1, 0.15) is 23.5 Å². The Kier molecular flexibility index (Phi) is 12.9. The lowest BCUT2D eigenvalue weighted by molar-refractivity contribution is -0.139. The molecule has 5 aliphatic rings. The molecule has 5 rings (SSSR count). The highest BCUT2D eigenvalue weighted by molar-refractivity contribution is 7.87. The molecule has 1 heterocycles. The number of aliphatic hydroxyl groups is 1. The fourth-order valence-electron chi connectivity index (χ4n) is 11.1. The van der Waals surface area contributed by atoms with Crippen molar-refractivity contribution in [3.8, 4) is 0 Å². The monoisotopic (exact) mass is 777 g/mol. The molecule has 1 aliphatic heterocycles. The summed E-state index contributed by atoms with van der Waals surface area (Å²) in [7, 11) is -3.74. The van der Waals surface area contributed by atoms with Crippen LogP contribution in [-0.2, 0) is 34.1 Å². The van der Waals surface area contributed by atoms with Crippen LogP contribution in [0.3, 0.4) is 0 Å². The Morgan fingerprint density at radius 1 is 0.889 bits per heavy atom. The van der Waals surface area contributed by atoms with Crippen molar-refractivity contribution in [2.75, 3.05) is 32.8 Å². The SMILES string of the molecule is CCCC(CC(=O)[C@@H]1C[C@@]2(CC1C(=O)[C@@H](CC(=O)C[C@@H](CNS(=O)(=O)N1CCOCC1)C(C)(C)C)C(C)(C)C)C(C)(C)C21CCC1)C(O)C(=O)CC1CC1. The van der Waals surface area contributed by atoms with Crippen LogP contribution in [0.2, 0.25) is 0 Å². The van der Waals surface area contributed by atoms with Crippen molar-refractivity contribution < 1.29 is 37.4 Å². The second-order valence-electron chi connectivity index (χ2n) is 20.7. The number of nitrogens with one attached hydrogen (secondary N) is 1. The van der Waals surface area contributed by atoms with Crippen molar-refractivity contribution in [3.63, 3.8) is 0 Å². The number of ketones is 4. The molecule has 0 amide bonds. The number of ether oxygens (including phenoxy) is 1. The number of Topliss-reactive ketones (excluding diaryl/α,β-unsaturated/α-hetero) is 4. The number of fused-ring (bicyclic) bond motifs is 1. The lowest BCUT2D eigenvalue weighted by atomic mass is 9.68. The minimum Gasteiger partial charge on any atom is -0.385 e. The lowest BCUT2D eigenvalue weighted by Gasteiger charge is -2.35. The maximum absolute atomic E-state index is 15.1. The average molecular weight is 777 g/mol. The molecule has 0 bridgehead atoms. The molecule has 0 aromatic heterocycles. The highest BCUT2D eigenvalue weighted by Gasteiger charge is 2.85. The first-order valence-electron chi connectivity index (χ1n) is 21.1. The quantitative estimate of drug-likeness (QED) is 0.147. The molecule has 2 N–H and O–H groups in total. The zero-order valence-corrected chi connectivity index (χ0v) is 35.7. The molecule has 10 nitrogen and oxygen atoms in total. The summed E-state index contributed by atoms with van der Waals surface area (Å²) in [5.41, 5.74) is -0.892. The second kappa shape index (κ2) is 16.0. The zero-order valence-electron chi connectivity index (χ0n) is 34.9. The van der Waals surface area contributed by atoms with E-state index in [0.29, 0.717) is 44.8 Å². The van der Waals surface area contributed by atoms with Gasteiger partial charge in [0.2, 0.25) is 0 Å². The third-order valence-corrected chi connectivity index (χ3v) is 16.9. The van der Waals surface area contributed by atoms with Crippen LogP contribution in [0, 0.1) is 62.6 Å². The molecule has 5 fully saturated rings. The Labute approximate surface area is 326 Å². The summed E-state index contributed by atoms with van der Waals surface area (Å²) in [6.07, 6.45) is 7.51. The third kappa shape index (κ3) is 8.65. The van der Waals surface area contributed by atoms with Crippen molar-refractivity contribution in [2.45, 2.75) is 152 Å². The van der Waals surface area contributed by atoms with E-state index in [0.717, 1.165) is 38.5 Å². The number of morpholine rings is 1. The fourth-order valence-corrected chi connectivity index (χ4v) is 12.4. The van der Waals surface area contributed by atoms with E-state index in [2.05, 4.69) is 18.6 Å². The maximum atomic E-state index is 15.1. The van der Waals surface area contributed by atoms with Crippen LogP contribution in [0.25, 0.3) is 0 Å². The normalized spacial score (nSPS) is 29.0. The van der Waals surface area contributed by atoms with Gasteiger partial charge >= 0.3 is 0 Å². The van der Waals surface area contributed by atoms with Gasteiger partial charge in [0.05, 0.1) is 13.2 Å². The van der Waals surface area contributed by atoms with Gasteiger partial charge in [-0.1, -0.05) is 75.2 Å². The Morgan fingerprint density at radius 3 is 2.00 bits per heavy atom. The molecule has 4 aliphatic carbocycles. The molecular formula is C43H72N2O8S. The van der Waals surface area contributed by atoms with E-state index in [-0.39, 0.29) is 89.6 Å². The first-order valence-corrected chi connectivity index (χ1v) is 22.6. The fraction of sp³-hybridized carbons (Fsp3) is 0.907. The molecule has 3 unspecified atom stereocenters. The van der Waals surface area contributed by atoms with Crippen LogP contribution < -0.4 is 4.72 Å². The van der Waals surface area contributed by atoms with Crippen LogP contribution in [0.5, 0.6) is 0 Å². The Bertz CT molecular complexity index is 1510. The highest BCUT2D eigenvalue weighted by Crippen LogP contribution is 2.90. The van der Waals surface area contributed by atoms with Gasteiger partial charge in [-0.25, -0.2) is 4.72 Å². The highest BCUT2D eigenvalue weighted by atomic mass is 32.2. The van der Waals surface area contributed by atoms with Crippen molar-refractivity contribution in [1.82, 2.24) is 9.03 Å². The largest absolute Gasteiger partial charge is 0.385 e. The topological polar surface area (TPSA) is 147 Å². The molecule has 0 aromatic rings. The van der Waals surface area contributed by atoms with Gasteiger partial charge in [-0.15, -0.1) is 0 Å². The van der Waals surface area contributed by atoms with Gasteiger partial charge in [-0.05, 0) is 89.8 Å². The van der Waals surface area contributed by atoms with Crippen molar-refractivity contribution >= 4 is 33.3 Å². The van der Waals surface area contributed by atoms with E-state index in [9.17, 15) is 27.9 Å². The van der Waals surface area contributed by atoms with Crippen LogP contribution in [0.15, 0.2) is 0 Å². The second-order valence-corrected chi connectivity index (χ2v) is 22.5.